The van der Waals surface area contributed by atoms with E-state index >= 15 is 0 Å². The minimum Gasteiger partial charge on any atom is -0.462 e. The topological polar surface area (TPSA) is 78.9 Å². The van der Waals surface area contributed by atoms with Crippen LogP contribution < -0.4 is 0 Å². The summed E-state index contributed by atoms with van der Waals surface area (Å²) in [6.07, 6.45) is 63.1. The zero-order valence-corrected chi connectivity index (χ0v) is 43.8. The summed E-state index contributed by atoms with van der Waals surface area (Å²) in [5.41, 5.74) is 0. The van der Waals surface area contributed by atoms with Gasteiger partial charge in [-0.1, -0.05) is 251 Å². The molecule has 6 nitrogen and oxygen atoms in total. The minimum atomic E-state index is -0.775. The molecule has 0 aliphatic carbocycles. The second kappa shape index (κ2) is 54.5. The summed E-state index contributed by atoms with van der Waals surface area (Å²) in [5, 5.41) is 0. The van der Waals surface area contributed by atoms with Gasteiger partial charge in [-0.3, -0.25) is 14.4 Å². The van der Waals surface area contributed by atoms with Crippen LogP contribution in [0.15, 0.2) is 24.3 Å². The Kier molecular flexibility index (Phi) is 52.7. The molecule has 0 aliphatic heterocycles. The molecule has 1 atom stereocenters. The molecule has 0 spiro atoms. The zero-order chi connectivity index (χ0) is 47.2. The lowest BCUT2D eigenvalue weighted by atomic mass is 10.0. The summed E-state index contributed by atoms with van der Waals surface area (Å²) in [5.74, 6) is -0.872. The molecule has 0 saturated heterocycles. The molecule has 1 unspecified atom stereocenters. The third-order valence-electron chi connectivity index (χ3n) is 12.9. The number of hydrogen-bond donors (Lipinski definition) is 0. The van der Waals surface area contributed by atoms with Crippen molar-refractivity contribution >= 4 is 17.9 Å². The van der Waals surface area contributed by atoms with Gasteiger partial charge >= 0.3 is 17.9 Å². The van der Waals surface area contributed by atoms with Gasteiger partial charge in [0.15, 0.2) is 6.10 Å². The molecule has 0 amide bonds. The van der Waals surface area contributed by atoms with Crippen molar-refractivity contribution in [2.75, 3.05) is 13.2 Å². The highest BCUT2D eigenvalue weighted by molar-refractivity contribution is 5.71. The lowest BCUT2D eigenvalue weighted by Gasteiger charge is -2.18. The van der Waals surface area contributed by atoms with E-state index in [1.165, 1.54) is 205 Å². The molecular formula is C59H110O6. The summed E-state index contributed by atoms with van der Waals surface area (Å²) in [7, 11) is 0. The largest absolute Gasteiger partial charge is 0.462 e. The highest BCUT2D eigenvalue weighted by Gasteiger charge is 2.19. The summed E-state index contributed by atoms with van der Waals surface area (Å²) in [6.45, 7) is 6.64. The van der Waals surface area contributed by atoms with Crippen molar-refractivity contribution in [3.63, 3.8) is 0 Å². The maximum atomic E-state index is 12.8. The second-order valence-electron chi connectivity index (χ2n) is 19.6. The Morgan fingerprint density at radius 3 is 0.800 bits per heavy atom. The lowest BCUT2D eigenvalue weighted by molar-refractivity contribution is -0.167. The maximum absolute atomic E-state index is 12.8. The van der Waals surface area contributed by atoms with E-state index in [1.54, 1.807) is 0 Å². The molecule has 0 aromatic carbocycles. The molecule has 0 bridgehead atoms. The average Bonchev–Trinajstić information content (AvgIpc) is 3.30. The number of allylic oxidation sites excluding steroid dienone is 4. The highest BCUT2D eigenvalue weighted by Crippen LogP contribution is 2.17. The van der Waals surface area contributed by atoms with Gasteiger partial charge in [-0.15, -0.1) is 0 Å². The fraction of sp³-hybridized carbons (Fsp3) is 0.881. The van der Waals surface area contributed by atoms with Crippen LogP contribution in [0.5, 0.6) is 0 Å². The summed E-state index contributed by atoms with van der Waals surface area (Å²) < 4.78 is 16.9. The molecule has 0 fully saturated rings. The van der Waals surface area contributed by atoms with Crippen LogP contribution in [0.3, 0.4) is 0 Å². The minimum absolute atomic E-state index is 0.0729. The van der Waals surface area contributed by atoms with Crippen molar-refractivity contribution in [1.29, 1.82) is 0 Å². The van der Waals surface area contributed by atoms with Crippen LogP contribution in [0.4, 0.5) is 0 Å². The van der Waals surface area contributed by atoms with Gasteiger partial charge in [0.05, 0.1) is 0 Å². The lowest BCUT2D eigenvalue weighted by Crippen LogP contribution is -2.30. The van der Waals surface area contributed by atoms with Crippen molar-refractivity contribution in [2.24, 2.45) is 0 Å². The Balaban J connectivity index is 4.30. The zero-order valence-electron chi connectivity index (χ0n) is 43.8. The van der Waals surface area contributed by atoms with E-state index in [2.05, 4.69) is 45.1 Å². The Labute approximate surface area is 404 Å². The first-order chi connectivity index (χ1) is 32.0. The fourth-order valence-corrected chi connectivity index (χ4v) is 8.55. The quantitative estimate of drug-likeness (QED) is 0.0262. The number of carbonyl (C=O) groups is 3. The highest BCUT2D eigenvalue weighted by atomic mass is 16.6. The Morgan fingerprint density at radius 1 is 0.292 bits per heavy atom. The molecule has 0 aromatic heterocycles. The first-order valence-corrected chi connectivity index (χ1v) is 28.8. The van der Waals surface area contributed by atoms with Crippen LogP contribution in [-0.4, -0.2) is 37.2 Å². The van der Waals surface area contributed by atoms with Gasteiger partial charge in [0.25, 0.3) is 0 Å². The number of ether oxygens (including phenoxy) is 3. The Morgan fingerprint density at radius 2 is 0.508 bits per heavy atom. The number of hydrogen-bond acceptors (Lipinski definition) is 6. The normalized spacial score (nSPS) is 12.1. The molecule has 0 heterocycles. The number of esters is 3. The Hall–Kier alpha value is -2.11. The van der Waals surface area contributed by atoms with Crippen molar-refractivity contribution in [2.45, 2.75) is 322 Å². The van der Waals surface area contributed by atoms with Gasteiger partial charge in [0, 0.05) is 19.3 Å². The monoisotopic (exact) mass is 915 g/mol. The molecular weight excluding hydrogens is 805 g/mol. The Bertz CT molecular complexity index is 1050. The van der Waals surface area contributed by atoms with E-state index in [0.29, 0.717) is 19.3 Å². The van der Waals surface area contributed by atoms with Crippen molar-refractivity contribution < 1.29 is 28.6 Å². The van der Waals surface area contributed by atoms with E-state index in [0.717, 1.165) is 70.6 Å². The van der Waals surface area contributed by atoms with Crippen LogP contribution in [0.1, 0.15) is 316 Å². The third kappa shape index (κ3) is 52.7. The van der Waals surface area contributed by atoms with Gasteiger partial charge in [0.1, 0.15) is 13.2 Å². The van der Waals surface area contributed by atoms with E-state index in [1.807, 2.05) is 0 Å². The number of carbonyl (C=O) groups excluding carboxylic acids is 3. The standard InChI is InChI=1S/C59H110O6/c1-4-7-10-13-16-19-22-25-27-29-30-31-33-34-37-40-43-46-49-52-58(61)64-55-56(54-63-57(60)51-48-45-42-39-36-24-21-18-15-12-9-6-3)65-59(62)53-50-47-44-41-38-35-32-28-26-23-20-17-14-11-8-5-2/h18,21,28,32,56H,4-17,19-20,22-27,29-31,33-55H2,1-3H3/b21-18-,32-28-. The summed E-state index contributed by atoms with van der Waals surface area (Å²) >= 11 is 0. The summed E-state index contributed by atoms with van der Waals surface area (Å²) in [6, 6.07) is 0. The number of rotatable bonds is 53. The van der Waals surface area contributed by atoms with E-state index in [4.69, 9.17) is 14.2 Å². The van der Waals surface area contributed by atoms with Crippen LogP contribution in [0, 0.1) is 0 Å². The summed E-state index contributed by atoms with van der Waals surface area (Å²) in [4.78, 5) is 38.1. The van der Waals surface area contributed by atoms with Crippen LogP contribution >= 0.6 is 0 Å². The van der Waals surface area contributed by atoms with Crippen LogP contribution in [0.2, 0.25) is 0 Å². The molecule has 382 valence electrons. The third-order valence-corrected chi connectivity index (χ3v) is 12.9. The predicted octanol–water partition coefficient (Wildman–Crippen LogP) is 19.1. The molecule has 0 N–H and O–H groups in total. The van der Waals surface area contributed by atoms with Crippen LogP contribution in [0.25, 0.3) is 0 Å². The predicted molar refractivity (Wildman–Crippen MR) is 279 cm³/mol. The van der Waals surface area contributed by atoms with Gasteiger partial charge in [-0.25, -0.2) is 0 Å². The smallest absolute Gasteiger partial charge is 0.306 e. The van der Waals surface area contributed by atoms with Gasteiger partial charge in [0.2, 0.25) is 0 Å². The molecule has 65 heavy (non-hydrogen) atoms. The van der Waals surface area contributed by atoms with E-state index in [9.17, 15) is 14.4 Å². The average molecular weight is 916 g/mol. The first kappa shape index (κ1) is 62.9. The SMILES string of the molecule is CCCCC/C=C\CCCCCCCC(=O)OCC(COC(=O)CCCCCCCCCCCCCCCCCCCCC)OC(=O)CCCCCCC/C=C\CCCCCCCCC. The molecule has 0 radical (unpaired) electrons. The van der Waals surface area contributed by atoms with E-state index < -0.39 is 6.10 Å². The molecule has 0 aliphatic rings. The van der Waals surface area contributed by atoms with Crippen LogP contribution in [-0.2, 0) is 28.6 Å². The van der Waals surface area contributed by atoms with Crippen molar-refractivity contribution in [3.8, 4) is 0 Å². The van der Waals surface area contributed by atoms with Gasteiger partial charge in [-0.05, 0) is 70.6 Å². The first-order valence-electron chi connectivity index (χ1n) is 28.8. The molecule has 6 heteroatoms. The van der Waals surface area contributed by atoms with E-state index in [-0.39, 0.29) is 31.1 Å². The fourth-order valence-electron chi connectivity index (χ4n) is 8.55. The second-order valence-corrected chi connectivity index (χ2v) is 19.6. The molecule has 0 rings (SSSR count). The maximum Gasteiger partial charge on any atom is 0.306 e. The van der Waals surface area contributed by atoms with Gasteiger partial charge < -0.3 is 14.2 Å². The van der Waals surface area contributed by atoms with Crippen molar-refractivity contribution in [1.82, 2.24) is 0 Å². The molecule has 0 saturated carbocycles. The molecule has 0 aromatic rings. The number of unbranched alkanes of at least 4 members (excludes halogenated alkanes) is 38. The van der Waals surface area contributed by atoms with Crippen molar-refractivity contribution in [3.05, 3.63) is 24.3 Å². The van der Waals surface area contributed by atoms with Gasteiger partial charge in [-0.2, -0.15) is 0 Å².